The number of nitrogens with one attached hydrogen (secondary N) is 2. The second kappa shape index (κ2) is 3.31. The molecule has 0 saturated carbocycles. The summed E-state index contributed by atoms with van der Waals surface area (Å²) in [6.07, 6.45) is 0. The van der Waals surface area contributed by atoms with Crippen LogP contribution in [0.25, 0.3) is 10.9 Å². The lowest BCUT2D eigenvalue weighted by Gasteiger charge is -1.96. The second-order valence-electron chi connectivity index (χ2n) is 2.94. The molecular formula is C9H8ClN3O. The van der Waals surface area contributed by atoms with Gasteiger partial charge in [-0.3, -0.25) is 9.89 Å². The van der Waals surface area contributed by atoms with E-state index in [-0.39, 0.29) is 5.91 Å². The van der Waals surface area contributed by atoms with Crippen LogP contribution >= 0.6 is 11.6 Å². The lowest BCUT2D eigenvalue weighted by Crippen LogP contribution is -2.06. The fourth-order valence-corrected chi connectivity index (χ4v) is 1.43. The summed E-state index contributed by atoms with van der Waals surface area (Å²) in [4.78, 5) is 10.8. The minimum atomic E-state index is -0.145. The van der Waals surface area contributed by atoms with Crippen molar-refractivity contribution in [1.82, 2.24) is 10.2 Å². The Labute approximate surface area is 85.3 Å². The minimum Gasteiger partial charge on any atom is -0.309 e. The summed E-state index contributed by atoms with van der Waals surface area (Å²) >= 11 is 5.80. The Balaban J connectivity index is 2.52. The number of nitrogens with zero attached hydrogens (tertiary/aromatic N) is 1. The van der Waals surface area contributed by atoms with E-state index in [2.05, 4.69) is 15.5 Å². The van der Waals surface area contributed by atoms with Crippen LogP contribution in [-0.4, -0.2) is 16.1 Å². The third-order valence-electron chi connectivity index (χ3n) is 1.82. The topological polar surface area (TPSA) is 57.8 Å². The molecule has 72 valence electrons. The number of rotatable bonds is 1. The normalized spacial score (nSPS) is 10.4. The predicted molar refractivity (Wildman–Crippen MR) is 55.4 cm³/mol. The van der Waals surface area contributed by atoms with E-state index in [1.165, 1.54) is 6.92 Å². The van der Waals surface area contributed by atoms with Gasteiger partial charge in [0.2, 0.25) is 5.91 Å². The Hall–Kier alpha value is -1.55. The zero-order chi connectivity index (χ0) is 10.1. The average molecular weight is 210 g/mol. The lowest BCUT2D eigenvalue weighted by molar-refractivity contribution is -0.114. The van der Waals surface area contributed by atoms with E-state index in [0.29, 0.717) is 10.8 Å². The number of aromatic amines is 1. The molecule has 0 radical (unpaired) electrons. The number of fused-ring (bicyclic) bond motifs is 1. The molecule has 5 heteroatoms. The van der Waals surface area contributed by atoms with Crippen LogP contribution in [0.3, 0.4) is 0 Å². The SMILES string of the molecule is CC(=O)Nc1n[nH]c2cc(Cl)ccc12. The van der Waals surface area contributed by atoms with Crippen LogP contribution in [0.15, 0.2) is 18.2 Å². The molecule has 0 aliphatic rings. The van der Waals surface area contributed by atoms with E-state index >= 15 is 0 Å². The second-order valence-corrected chi connectivity index (χ2v) is 3.38. The highest BCUT2D eigenvalue weighted by Crippen LogP contribution is 2.23. The number of carbonyl (C=O) groups excluding carboxylic acids is 1. The van der Waals surface area contributed by atoms with Crippen LogP contribution in [0.1, 0.15) is 6.92 Å². The van der Waals surface area contributed by atoms with Crippen molar-refractivity contribution in [2.24, 2.45) is 0 Å². The van der Waals surface area contributed by atoms with E-state index in [1.807, 2.05) is 6.07 Å². The van der Waals surface area contributed by atoms with E-state index in [9.17, 15) is 4.79 Å². The van der Waals surface area contributed by atoms with E-state index < -0.39 is 0 Å². The molecule has 0 spiro atoms. The Bertz CT molecular complexity index is 492. The lowest BCUT2D eigenvalue weighted by atomic mass is 10.2. The number of halogens is 1. The third-order valence-corrected chi connectivity index (χ3v) is 2.05. The van der Waals surface area contributed by atoms with Gasteiger partial charge in [-0.25, -0.2) is 0 Å². The summed E-state index contributed by atoms with van der Waals surface area (Å²) in [5.74, 6) is 0.387. The van der Waals surface area contributed by atoms with E-state index in [0.717, 1.165) is 10.9 Å². The van der Waals surface area contributed by atoms with Gasteiger partial charge in [-0.2, -0.15) is 5.10 Å². The molecular weight excluding hydrogens is 202 g/mol. The van der Waals surface area contributed by atoms with Gasteiger partial charge in [0.15, 0.2) is 5.82 Å². The molecule has 2 N–H and O–H groups in total. The first kappa shape index (κ1) is 9.02. The summed E-state index contributed by atoms with van der Waals surface area (Å²) in [6, 6.07) is 5.33. The fourth-order valence-electron chi connectivity index (χ4n) is 1.25. The molecule has 0 fully saturated rings. The van der Waals surface area contributed by atoms with Gasteiger partial charge in [0.05, 0.1) is 5.52 Å². The van der Waals surface area contributed by atoms with Gasteiger partial charge in [-0.05, 0) is 18.2 Å². The Kier molecular flexibility index (Phi) is 2.13. The summed E-state index contributed by atoms with van der Waals surface area (Å²) in [6.45, 7) is 1.44. The zero-order valence-electron chi connectivity index (χ0n) is 7.47. The quantitative estimate of drug-likeness (QED) is 0.756. The Morgan fingerprint density at radius 1 is 1.57 bits per heavy atom. The van der Waals surface area contributed by atoms with Crippen LogP contribution < -0.4 is 5.32 Å². The van der Waals surface area contributed by atoms with Crippen LogP contribution in [0.2, 0.25) is 5.02 Å². The molecule has 0 atom stereocenters. The molecule has 0 aliphatic carbocycles. The molecule has 0 saturated heterocycles. The number of anilines is 1. The molecule has 4 nitrogen and oxygen atoms in total. The van der Waals surface area contributed by atoms with Gasteiger partial charge in [-0.15, -0.1) is 0 Å². The maximum absolute atomic E-state index is 10.8. The molecule has 0 bridgehead atoms. The Morgan fingerprint density at radius 3 is 3.07 bits per heavy atom. The molecule has 1 aromatic heterocycles. The van der Waals surface area contributed by atoms with Crippen LogP contribution in [0.4, 0.5) is 5.82 Å². The van der Waals surface area contributed by atoms with Crippen LogP contribution in [0.5, 0.6) is 0 Å². The maximum atomic E-state index is 10.8. The van der Waals surface area contributed by atoms with Crippen molar-refractivity contribution in [3.63, 3.8) is 0 Å². The fraction of sp³-hybridized carbons (Fsp3) is 0.111. The molecule has 2 rings (SSSR count). The van der Waals surface area contributed by atoms with Crippen LogP contribution in [-0.2, 0) is 4.79 Å². The smallest absolute Gasteiger partial charge is 0.222 e. The summed E-state index contributed by atoms with van der Waals surface area (Å²) in [5.41, 5.74) is 0.807. The number of amides is 1. The van der Waals surface area contributed by atoms with Crippen molar-refractivity contribution >= 4 is 34.2 Å². The van der Waals surface area contributed by atoms with Crippen LogP contribution in [0, 0.1) is 0 Å². The van der Waals surface area contributed by atoms with Crippen molar-refractivity contribution < 1.29 is 4.79 Å². The van der Waals surface area contributed by atoms with Crippen molar-refractivity contribution in [3.8, 4) is 0 Å². The first-order valence-electron chi connectivity index (χ1n) is 4.08. The molecule has 0 aliphatic heterocycles. The largest absolute Gasteiger partial charge is 0.309 e. The van der Waals surface area contributed by atoms with Crippen molar-refractivity contribution in [2.75, 3.05) is 5.32 Å². The summed E-state index contributed by atoms with van der Waals surface area (Å²) in [7, 11) is 0. The number of aromatic nitrogens is 2. The van der Waals surface area contributed by atoms with Gasteiger partial charge in [-0.1, -0.05) is 11.6 Å². The molecule has 1 heterocycles. The summed E-state index contributed by atoms with van der Waals surface area (Å²) < 4.78 is 0. The Morgan fingerprint density at radius 2 is 2.36 bits per heavy atom. The first-order chi connectivity index (χ1) is 6.66. The minimum absolute atomic E-state index is 0.145. The molecule has 0 unspecified atom stereocenters. The van der Waals surface area contributed by atoms with Crippen molar-refractivity contribution in [2.45, 2.75) is 6.92 Å². The average Bonchev–Trinajstić information content (AvgIpc) is 2.47. The number of hydrogen-bond acceptors (Lipinski definition) is 2. The highest BCUT2D eigenvalue weighted by atomic mass is 35.5. The zero-order valence-corrected chi connectivity index (χ0v) is 8.22. The monoisotopic (exact) mass is 209 g/mol. The third kappa shape index (κ3) is 1.56. The summed E-state index contributed by atoms with van der Waals surface area (Å²) in [5, 5.41) is 10.9. The van der Waals surface area contributed by atoms with Gasteiger partial charge in [0, 0.05) is 17.3 Å². The first-order valence-corrected chi connectivity index (χ1v) is 4.46. The molecule has 1 amide bonds. The van der Waals surface area contributed by atoms with E-state index in [1.54, 1.807) is 12.1 Å². The standard InChI is InChI=1S/C9H8ClN3O/c1-5(14)11-9-7-3-2-6(10)4-8(7)12-13-9/h2-4H,1H3,(H2,11,12,13,14). The molecule has 14 heavy (non-hydrogen) atoms. The number of benzene rings is 1. The maximum Gasteiger partial charge on any atom is 0.222 e. The van der Waals surface area contributed by atoms with Crippen molar-refractivity contribution in [1.29, 1.82) is 0 Å². The number of carbonyl (C=O) groups is 1. The molecule has 2 aromatic rings. The van der Waals surface area contributed by atoms with Gasteiger partial charge < -0.3 is 5.32 Å². The van der Waals surface area contributed by atoms with Crippen molar-refractivity contribution in [3.05, 3.63) is 23.2 Å². The van der Waals surface area contributed by atoms with E-state index in [4.69, 9.17) is 11.6 Å². The number of H-pyrrole nitrogens is 1. The predicted octanol–water partition coefficient (Wildman–Crippen LogP) is 2.17. The molecule has 1 aromatic carbocycles. The van der Waals surface area contributed by atoms with Gasteiger partial charge in [0.1, 0.15) is 0 Å². The highest BCUT2D eigenvalue weighted by Gasteiger charge is 2.06. The highest BCUT2D eigenvalue weighted by molar-refractivity contribution is 6.31. The van der Waals surface area contributed by atoms with Gasteiger partial charge in [0.25, 0.3) is 0 Å². The van der Waals surface area contributed by atoms with Gasteiger partial charge >= 0.3 is 0 Å². The number of hydrogen-bond donors (Lipinski definition) is 2.